The van der Waals surface area contributed by atoms with Crippen LogP contribution in [0.15, 0.2) is 18.2 Å². The fourth-order valence-electron chi connectivity index (χ4n) is 1.17. The summed E-state index contributed by atoms with van der Waals surface area (Å²) in [6, 6.07) is 2.62. The molecule has 0 heterocycles. The highest BCUT2D eigenvalue weighted by Crippen LogP contribution is 2.13. The monoisotopic (exact) mass is 226 g/mol. The molecule has 4 heteroatoms. The molecule has 1 aromatic rings. The second kappa shape index (κ2) is 4.96. The minimum Gasteiger partial charge on any atom is -0.299 e. The van der Waals surface area contributed by atoms with Crippen LogP contribution in [0, 0.1) is 17.6 Å². The molecule has 0 saturated heterocycles. The molecule has 0 unspecified atom stereocenters. The molecule has 86 valence electrons. The summed E-state index contributed by atoms with van der Waals surface area (Å²) in [5.41, 5.74) is -0.367. The van der Waals surface area contributed by atoms with Crippen molar-refractivity contribution in [3.8, 4) is 0 Å². The number of Topliss-reactive ketones (excluding diaryl/α,β-unsaturated/α-hetero) is 2. The molecule has 0 radical (unpaired) electrons. The summed E-state index contributed by atoms with van der Waals surface area (Å²) < 4.78 is 26.0. The summed E-state index contributed by atoms with van der Waals surface area (Å²) in [6.45, 7) is 3.30. The van der Waals surface area contributed by atoms with Crippen LogP contribution in [0.1, 0.15) is 30.6 Å². The summed E-state index contributed by atoms with van der Waals surface area (Å²) in [6.07, 6.45) is -0.391. The minimum atomic E-state index is -0.803. The van der Waals surface area contributed by atoms with E-state index in [2.05, 4.69) is 0 Å². The van der Waals surface area contributed by atoms with Crippen LogP contribution in [0.5, 0.6) is 0 Å². The van der Waals surface area contributed by atoms with Crippen molar-refractivity contribution in [2.24, 2.45) is 5.92 Å². The van der Waals surface area contributed by atoms with Gasteiger partial charge in [-0.3, -0.25) is 9.59 Å². The normalized spacial score (nSPS) is 10.6. The Labute approximate surface area is 92.3 Å². The third-order valence-electron chi connectivity index (χ3n) is 2.21. The summed E-state index contributed by atoms with van der Waals surface area (Å²) in [5.74, 6) is -2.75. The molecule has 0 aliphatic carbocycles. The van der Waals surface area contributed by atoms with Crippen LogP contribution in [0.2, 0.25) is 0 Å². The predicted molar refractivity (Wildman–Crippen MR) is 55.2 cm³/mol. The van der Waals surface area contributed by atoms with Crippen LogP contribution < -0.4 is 0 Å². The number of rotatable bonds is 4. The first-order valence-electron chi connectivity index (χ1n) is 4.92. The van der Waals surface area contributed by atoms with Gasteiger partial charge in [-0.2, -0.15) is 0 Å². The maximum absolute atomic E-state index is 13.2. The lowest BCUT2D eigenvalue weighted by Gasteiger charge is -2.04. The third kappa shape index (κ3) is 2.95. The number of carbonyl (C=O) groups is 2. The molecule has 0 aliphatic rings. The van der Waals surface area contributed by atoms with Crippen LogP contribution in [-0.2, 0) is 4.79 Å². The fraction of sp³-hybridized carbons (Fsp3) is 0.333. The van der Waals surface area contributed by atoms with Crippen molar-refractivity contribution in [2.45, 2.75) is 20.3 Å². The van der Waals surface area contributed by atoms with E-state index in [1.165, 1.54) is 0 Å². The molecule has 0 bridgehead atoms. The molecule has 0 aliphatic heterocycles. The zero-order valence-electron chi connectivity index (χ0n) is 9.09. The highest BCUT2D eigenvalue weighted by molar-refractivity contribution is 6.08. The molecule has 0 saturated carbocycles. The number of hydrogen-bond acceptors (Lipinski definition) is 2. The summed E-state index contributed by atoms with van der Waals surface area (Å²) in [4.78, 5) is 22.8. The van der Waals surface area contributed by atoms with Gasteiger partial charge in [0.1, 0.15) is 17.4 Å². The van der Waals surface area contributed by atoms with E-state index in [4.69, 9.17) is 0 Å². The Hall–Kier alpha value is -1.58. The van der Waals surface area contributed by atoms with E-state index in [9.17, 15) is 18.4 Å². The van der Waals surface area contributed by atoms with E-state index in [-0.39, 0.29) is 17.3 Å². The van der Waals surface area contributed by atoms with E-state index >= 15 is 0 Å². The van der Waals surface area contributed by atoms with Gasteiger partial charge in [-0.15, -0.1) is 0 Å². The number of ketones is 2. The average Bonchev–Trinajstić information content (AvgIpc) is 2.21. The van der Waals surface area contributed by atoms with Crippen molar-refractivity contribution in [1.82, 2.24) is 0 Å². The van der Waals surface area contributed by atoms with Crippen molar-refractivity contribution in [3.05, 3.63) is 35.4 Å². The SMILES string of the molecule is CC(C)C(=O)CC(=O)c1cc(F)ccc1F. The molecule has 0 fully saturated rings. The van der Waals surface area contributed by atoms with Gasteiger partial charge in [0.25, 0.3) is 0 Å². The third-order valence-corrected chi connectivity index (χ3v) is 2.21. The molecule has 16 heavy (non-hydrogen) atoms. The van der Waals surface area contributed by atoms with E-state index in [1.807, 2.05) is 0 Å². The van der Waals surface area contributed by atoms with Gasteiger partial charge >= 0.3 is 0 Å². The number of carbonyl (C=O) groups excluding carboxylic acids is 2. The topological polar surface area (TPSA) is 34.1 Å². The maximum atomic E-state index is 13.2. The maximum Gasteiger partial charge on any atom is 0.173 e. The van der Waals surface area contributed by atoms with Gasteiger partial charge in [0.15, 0.2) is 5.78 Å². The zero-order valence-corrected chi connectivity index (χ0v) is 9.09. The molecular formula is C12H12F2O2. The lowest BCUT2D eigenvalue weighted by atomic mass is 9.99. The molecule has 0 N–H and O–H groups in total. The van der Waals surface area contributed by atoms with Crippen molar-refractivity contribution >= 4 is 11.6 Å². The first-order valence-corrected chi connectivity index (χ1v) is 4.92. The van der Waals surface area contributed by atoms with E-state index in [1.54, 1.807) is 13.8 Å². The van der Waals surface area contributed by atoms with Gasteiger partial charge in [0.2, 0.25) is 0 Å². The molecule has 0 aromatic heterocycles. The minimum absolute atomic E-state index is 0.284. The lowest BCUT2D eigenvalue weighted by molar-refractivity contribution is -0.121. The molecule has 1 rings (SSSR count). The highest BCUT2D eigenvalue weighted by atomic mass is 19.1. The number of benzene rings is 1. The molecule has 2 nitrogen and oxygen atoms in total. The van der Waals surface area contributed by atoms with E-state index in [0.717, 1.165) is 18.2 Å². The van der Waals surface area contributed by atoms with Crippen LogP contribution in [-0.4, -0.2) is 11.6 Å². The smallest absolute Gasteiger partial charge is 0.173 e. The van der Waals surface area contributed by atoms with Crippen molar-refractivity contribution in [3.63, 3.8) is 0 Å². The molecular weight excluding hydrogens is 214 g/mol. The summed E-state index contributed by atoms with van der Waals surface area (Å²) in [7, 11) is 0. The van der Waals surface area contributed by atoms with Gasteiger partial charge in [0.05, 0.1) is 12.0 Å². The van der Waals surface area contributed by atoms with Crippen LogP contribution >= 0.6 is 0 Å². The Morgan fingerprint density at radius 3 is 2.44 bits per heavy atom. The standard InChI is InChI=1S/C12H12F2O2/c1-7(2)11(15)6-12(16)9-5-8(13)3-4-10(9)14/h3-5,7H,6H2,1-2H3. The summed E-state index contributed by atoms with van der Waals surface area (Å²) >= 11 is 0. The second-order valence-corrected chi connectivity index (χ2v) is 3.85. The second-order valence-electron chi connectivity index (χ2n) is 3.85. The molecule has 0 spiro atoms. The largest absolute Gasteiger partial charge is 0.299 e. The Balaban J connectivity index is 2.88. The first-order chi connectivity index (χ1) is 7.41. The van der Waals surface area contributed by atoms with Crippen LogP contribution in [0.25, 0.3) is 0 Å². The molecule has 0 atom stereocenters. The van der Waals surface area contributed by atoms with Crippen molar-refractivity contribution in [2.75, 3.05) is 0 Å². The van der Waals surface area contributed by atoms with Gasteiger partial charge < -0.3 is 0 Å². The van der Waals surface area contributed by atoms with E-state index < -0.39 is 23.8 Å². The van der Waals surface area contributed by atoms with Gasteiger partial charge in [-0.1, -0.05) is 13.8 Å². The Kier molecular flexibility index (Phi) is 3.88. The van der Waals surface area contributed by atoms with Crippen molar-refractivity contribution in [1.29, 1.82) is 0 Å². The quantitative estimate of drug-likeness (QED) is 0.584. The highest BCUT2D eigenvalue weighted by Gasteiger charge is 2.18. The average molecular weight is 226 g/mol. The van der Waals surface area contributed by atoms with E-state index in [0.29, 0.717) is 0 Å². The summed E-state index contributed by atoms with van der Waals surface area (Å²) in [5, 5.41) is 0. The fourth-order valence-corrected chi connectivity index (χ4v) is 1.17. The Bertz CT molecular complexity index is 425. The predicted octanol–water partition coefficient (Wildman–Crippen LogP) is 2.76. The van der Waals surface area contributed by atoms with Gasteiger partial charge in [-0.05, 0) is 18.2 Å². The van der Waals surface area contributed by atoms with Crippen molar-refractivity contribution < 1.29 is 18.4 Å². The zero-order chi connectivity index (χ0) is 12.3. The van der Waals surface area contributed by atoms with Gasteiger partial charge in [-0.25, -0.2) is 8.78 Å². The molecule has 1 aromatic carbocycles. The number of hydrogen-bond donors (Lipinski definition) is 0. The van der Waals surface area contributed by atoms with Gasteiger partial charge in [0, 0.05) is 5.92 Å². The number of halogens is 2. The first kappa shape index (κ1) is 12.5. The Morgan fingerprint density at radius 1 is 1.25 bits per heavy atom. The Morgan fingerprint density at radius 2 is 1.88 bits per heavy atom. The van der Waals surface area contributed by atoms with Crippen LogP contribution in [0.4, 0.5) is 8.78 Å². The van der Waals surface area contributed by atoms with Crippen LogP contribution in [0.3, 0.4) is 0 Å². The molecule has 0 amide bonds. The lowest BCUT2D eigenvalue weighted by Crippen LogP contribution is -2.14.